The first kappa shape index (κ1) is 13.3. The molecule has 0 bridgehead atoms. The smallest absolute Gasteiger partial charge is 0.126 e. The molecular formula is C16H18N2O. The number of rotatable bonds is 5. The molecule has 3 nitrogen and oxygen atoms in total. The van der Waals surface area contributed by atoms with Crippen LogP contribution in [0.25, 0.3) is 0 Å². The number of hydroxylamine groups is 1. The first-order chi connectivity index (χ1) is 9.38. The predicted molar refractivity (Wildman–Crippen MR) is 77.8 cm³/mol. The van der Waals surface area contributed by atoms with Crippen molar-refractivity contribution in [3.05, 3.63) is 66.2 Å². The topological polar surface area (TPSA) is 44.6 Å². The van der Waals surface area contributed by atoms with Crippen molar-refractivity contribution in [2.45, 2.75) is 19.3 Å². The lowest BCUT2D eigenvalue weighted by Crippen LogP contribution is -2.18. The van der Waals surface area contributed by atoms with Gasteiger partial charge in [0.15, 0.2) is 0 Å². The first-order valence-corrected chi connectivity index (χ1v) is 6.45. The van der Waals surface area contributed by atoms with E-state index >= 15 is 0 Å². The summed E-state index contributed by atoms with van der Waals surface area (Å²) in [6.07, 6.45) is 2.65. The van der Waals surface area contributed by atoms with Crippen molar-refractivity contribution in [2.24, 2.45) is 4.99 Å². The molecule has 0 radical (unpaired) electrons. The summed E-state index contributed by atoms with van der Waals surface area (Å²) < 4.78 is 0. The summed E-state index contributed by atoms with van der Waals surface area (Å²) in [6, 6.07) is 19.9. The van der Waals surface area contributed by atoms with Gasteiger partial charge in [-0.2, -0.15) is 0 Å². The molecule has 2 aromatic carbocycles. The zero-order valence-corrected chi connectivity index (χ0v) is 10.8. The molecule has 0 amide bonds. The highest BCUT2D eigenvalue weighted by atomic mass is 16.5. The maximum absolute atomic E-state index is 9.10. The maximum atomic E-state index is 9.10. The van der Waals surface area contributed by atoms with Gasteiger partial charge in [-0.15, -0.1) is 0 Å². The molecule has 0 saturated carbocycles. The van der Waals surface area contributed by atoms with Gasteiger partial charge in [-0.3, -0.25) is 10.7 Å². The van der Waals surface area contributed by atoms with Gasteiger partial charge in [-0.05, 0) is 30.5 Å². The highest BCUT2D eigenvalue weighted by Gasteiger charge is 1.99. The minimum Gasteiger partial charge on any atom is -0.290 e. The zero-order chi connectivity index (χ0) is 13.3. The summed E-state index contributed by atoms with van der Waals surface area (Å²) in [7, 11) is 0. The van der Waals surface area contributed by atoms with Gasteiger partial charge >= 0.3 is 0 Å². The number of benzene rings is 2. The van der Waals surface area contributed by atoms with Crippen LogP contribution in [0.3, 0.4) is 0 Å². The number of amidine groups is 1. The number of para-hydroxylation sites is 1. The van der Waals surface area contributed by atoms with Crippen LogP contribution in [0.4, 0.5) is 5.69 Å². The van der Waals surface area contributed by atoms with E-state index < -0.39 is 0 Å². The van der Waals surface area contributed by atoms with Crippen molar-refractivity contribution in [2.75, 3.05) is 0 Å². The molecule has 0 aliphatic heterocycles. The van der Waals surface area contributed by atoms with Gasteiger partial charge in [-0.25, -0.2) is 4.99 Å². The Morgan fingerprint density at radius 1 is 0.947 bits per heavy atom. The summed E-state index contributed by atoms with van der Waals surface area (Å²) >= 11 is 0. The predicted octanol–water partition coefficient (Wildman–Crippen LogP) is 3.72. The van der Waals surface area contributed by atoms with Crippen LogP contribution in [0, 0.1) is 0 Å². The molecule has 3 heteroatoms. The second-order valence-electron chi connectivity index (χ2n) is 4.35. The van der Waals surface area contributed by atoms with Crippen molar-refractivity contribution in [3.63, 3.8) is 0 Å². The molecule has 0 spiro atoms. The second kappa shape index (κ2) is 7.34. The van der Waals surface area contributed by atoms with E-state index in [0.717, 1.165) is 24.9 Å². The van der Waals surface area contributed by atoms with Gasteiger partial charge in [0.05, 0.1) is 5.69 Å². The average molecular weight is 254 g/mol. The Kier molecular flexibility index (Phi) is 5.14. The lowest BCUT2D eigenvalue weighted by atomic mass is 10.1. The quantitative estimate of drug-likeness (QED) is 0.485. The third-order valence-electron chi connectivity index (χ3n) is 2.87. The van der Waals surface area contributed by atoms with Crippen molar-refractivity contribution in [1.29, 1.82) is 0 Å². The monoisotopic (exact) mass is 254 g/mol. The fourth-order valence-electron chi connectivity index (χ4n) is 1.90. The maximum Gasteiger partial charge on any atom is 0.126 e. The summed E-state index contributed by atoms with van der Waals surface area (Å²) in [6.45, 7) is 0. The van der Waals surface area contributed by atoms with E-state index in [1.54, 1.807) is 0 Å². The summed E-state index contributed by atoms with van der Waals surface area (Å²) in [5, 5.41) is 9.10. The molecule has 0 fully saturated rings. The largest absolute Gasteiger partial charge is 0.290 e. The van der Waals surface area contributed by atoms with Crippen LogP contribution in [-0.2, 0) is 6.42 Å². The molecule has 0 aliphatic rings. The number of aliphatic imine (C=N–C) groups is 1. The molecule has 98 valence electrons. The van der Waals surface area contributed by atoms with Crippen LogP contribution in [0.1, 0.15) is 18.4 Å². The molecule has 0 heterocycles. The van der Waals surface area contributed by atoms with Crippen LogP contribution in [0.15, 0.2) is 65.7 Å². The Morgan fingerprint density at radius 2 is 1.58 bits per heavy atom. The second-order valence-corrected chi connectivity index (χ2v) is 4.35. The third-order valence-corrected chi connectivity index (χ3v) is 2.87. The van der Waals surface area contributed by atoms with Gasteiger partial charge in [0.2, 0.25) is 0 Å². The van der Waals surface area contributed by atoms with Gasteiger partial charge < -0.3 is 0 Å². The fraction of sp³-hybridized carbons (Fsp3) is 0.188. The van der Waals surface area contributed by atoms with E-state index in [2.05, 4.69) is 22.6 Å². The number of hydrogen-bond acceptors (Lipinski definition) is 2. The van der Waals surface area contributed by atoms with E-state index in [4.69, 9.17) is 5.21 Å². The Labute approximate surface area is 113 Å². The van der Waals surface area contributed by atoms with Crippen LogP contribution in [0.5, 0.6) is 0 Å². The average Bonchev–Trinajstić information content (AvgIpc) is 2.48. The molecule has 2 aromatic rings. The summed E-state index contributed by atoms with van der Waals surface area (Å²) in [5.74, 6) is 0.599. The standard InChI is InChI=1S/C16H18N2O/c19-18-16(17-15-11-5-2-6-12-15)13-7-10-14-8-3-1-4-9-14/h1-6,8-9,11-12,19H,7,10,13H2,(H,17,18). The normalized spacial score (nSPS) is 11.3. The van der Waals surface area contributed by atoms with Crippen molar-refractivity contribution in [3.8, 4) is 0 Å². The Hall–Kier alpha value is -2.13. The Balaban J connectivity index is 1.88. The summed E-state index contributed by atoms with van der Waals surface area (Å²) in [5.41, 5.74) is 4.34. The summed E-state index contributed by atoms with van der Waals surface area (Å²) in [4.78, 5) is 4.36. The lowest BCUT2D eigenvalue weighted by molar-refractivity contribution is 0.231. The van der Waals surface area contributed by atoms with Crippen molar-refractivity contribution >= 4 is 11.5 Å². The minimum absolute atomic E-state index is 0.599. The van der Waals surface area contributed by atoms with Crippen LogP contribution in [0.2, 0.25) is 0 Å². The highest BCUT2D eigenvalue weighted by molar-refractivity contribution is 5.83. The third kappa shape index (κ3) is 4.56. The van der Waals surface area contributed by atoms with Gasteiger partial charge in [0.25, 0.3) is 0 Å². The van der Waals surface area contributed by atoms with Crippen molar-refractivity contribution in [1.82, 2.24) is 5.48 Å². The zero-order valence-electron chi connectivity index (χ0n) is 10.8. The van der Waals surface area contributed by atoms with Crippen molar-refractivity contribution < 1.29 is 5.21 Å². The lowest BCUT2D eigenvalue weighted by Gasteiger charge is -2.05. The number of aryl methyl sites for hydroxylation is 1. The molecule has 0 atom stereocenters. The first-order valence-electron chi connectivity index (χ1n) is 6.45. The molecule has 0 aliphatic carbocycles. The van der Waals surface area contributed by atoms with Crippen LogP contribution in [-0.4, -0.2) is 11.0 Å². The molecule has 2 rings (SSSR count). The van der Waals surface area contributed by atoms with E-state index in [1.165, 1.54) is 5.56 Å². The van der Waals surface area contributed by atoms with Gasteiger partial charge in [0, 0.05) is 6.42 Å². The molecule has 0 aromatic heterocycles. The van der Waals surface area contributed by atoms with E-state index in [1.807, 2.05) is 48.5 Å². The fourth-order valence-corrected chi connectivity index (χ4v) is 1.90. The van der Waals surface area contributed by atoms with Crippen LogP contribution >= 0.6 is 0 Å². The number of hydrogen-bond donors (Lipinski definition) is 2. The Bertz CT molecular complexity index is 509. The number of nitrogens with zero attached hydrogens (tertiary/aromatic N) is 1. The van der Waals surface area contributed by atoms with Crippen LogP contribution < -0.4 is 5.48 Å². The highest BCUT2D eigenvalue weighted by Crippen LogP contribution is 2.11. The molecule has 0 saturated heterocycles. The SMILES string of the molecule is ONC(CCCc1ccccc1)=Nc1ccccc1. The van der Waals surface area contributed by atoms with E-state index in [-0.39, 0.29) is 0 Å². The van der Waals surface area contributed by atoms with Gasteiger partial charge in [-0.1, -0.05) is 48.5 Å². The number of nitrogens with one attached hydrogen (secondary N) is 1. The van der Waals surface area contributed by atoms with E-state index in [0.29, 0.717) is 5.84 Å². The van der Waals surface area contributed by atoms with Gasteiger partial charge in [0.1, 0.15) is 5.84 Å². The Morgan fingerprint density at radius 3 is 2.21 bits per heavy atom. The molecular weight excluding hydrogens is 236 g/mol. The minimum atomic E-state index is 0.599. The molecule has 2 N–H and O–H groups in total. The molecule has 19 heavy (non-hydrogen) atoms. The van der Waals surface area contributed by atoms with E-state index in [9.17, 15) is 0 Å². The molecule has 0 unspecified atom stereocenters.